The predicted molar refractivity (Wildman–Crippen MR) is 62.3 cm³/mol. The van der Waals surface area contributed by atoms with Gasteiger partial charge in [-0.25, -0.2) is 4.98 Å². The smallest absolute Gasteiger partial charge is 0.131 e. The molecule has 0 aliphatic rings. The van der Waals surface area contributed by atoms with Crippen molar-refractivity contribution < 1.29 is 0 Å². The van der Waals surface area contributed by atoms with Gasteiger partial charge in [-0.05, 0) is 20.3 Å². The molecule has 1 atom stereocenters. The second-order valence-corrected chi connectivity index (χ2v) is 4.20. The van der Waals surface area contributed by atoms with Gasteiger partial charge in [0.25, 0.3) is 0 Å². The lowest BCUT2D eigenvalue weighted by atomic mass is 10.2. The Morgan fingerprint density at radius 3 is 2.93 bits per heavy atom. The fourth-order valence-corrected chi connectivity index (χ4v) is 1.82. The maximum atomic E-state index is 5.90. The summed E-state index contributed by atoms with van der Waals surface area (Å²) in [7, 11) is 0. The molecule has 2 aromatic rings. The fraction of sp³-hybridized carbons (Fsp3) is 0.455. The van der Waals surface area contributed by atoms with Gasteiger partial charge in [-0.1, -0.05) is 18.5 Å². The SMILES string of the molecule is CCC(C)n1nc(C)c2cnc(Cl)cc21. The van der Waals surface area contributed by atoms with Gasteiger partial charge < -0.3 is 0 Å². The van der Waals surface area contributed by atoms with E-state index in [2.05, 4.69) is 23.9 Å². The largest absolute Gasteiger partial charge is 0.262 e. The number of aromatic nitrogens is 3. The summed E-state index contributed by atoms with van der Waals surface area (Å²) in [6, 6.07) is 2.27. The number of pyridine rings is 1. The van der Waals surface area contributed by atoms with E-state index in [9.17, 15) is 0 Å². The number of aryl methyl sites for hydroxylation is 1. The van der Waals surface area contributed by atoms with Crippen LogP contribution in [0.3, 0.4) is 0 Å². The van der Waals surface area contributed by atoms with Crippen LogP contribution in [0.25, 0.3) is 10.9 Å². The number of rotatable bonds is 2. The van der Waals surface area contributed by atoms with Crippen LogP contribution in [0.15, 0.2) is 12.3 Å². The van der Waals surface area contributed by atoms with Crippen molar-refractivity contribution in [2.45, 2.75) is 33.2 Å². The average molecular weight is 224 g/mol. The summed E-state index contributed by atoms with van der Waals surface area (Å²) in [5, 5.41) is 6.12. The monoisotopic (exact) mass is 223 g/mol. The molecule has 0 fully saturated rings. The number of fused-ring (bicyclic) bond motifs is 1. The summed E-state index contributed by atoms with van der Waals surface area (Å²) in [4.78, 5) is 4.08. The molecule has 3 nitrogen and oxygen atoms in total. The van der Waals surface area contributed by atoms with Gasteiger partial charge >= 0.3 is 0 Å². The first-order valence-electron chi connectivity index (χ1n) is 5.13. The quantitative estimate of drug-likeness (QED) is 0.731. The van der Waals surface area contributed by atoms with E-state index in [4.69, 9.17) is 11.6 Å². The van der Waals surface area contributed by atoms with Crippen molar-refractivity contribution in [2.75, 3.05) is 0 Å². The molecule has 0 radical (unpaired) electrons. The van der Waals surface area contributed by atoms with Crippen molar-refractivity contribution in [1.82, 2.24) is 14.8 Å². The van der Waals surface area contributed by atoms with E-state index in [1.165, 1.54) is 0 Å². The third-order valence-electron chi connectivity index (χ3n) is 2.75. The lowest BCUT2D eigenvalue weighted by Gasteiger charge is -2.10. The molecule has 0 N–H and O–H groups in total. The van der Waals surface area contributed by atoms with Gasteiger partial charge in [0.1, 0.15) is 5.15 Å². The first-order valence-corrected chi connectivity index (χ1v) is 5.51. The molecular weight excluding hydrogens is 210 g/mol. The molecule has 0 saturated heterocycles. The zero-order valence-electron chi connectivity index (χ0n) is 9.16. The zero-order valence-corrected chi connectivity index (χ0v) is 9.91. The Balaban J connectivity index is 2.69. The van der Waals surface area contributed by atoms with Gasteiger partial charge in [0, 0.05) is 23.7 Å². The van der Waals surface area contributed by atoms with Crippen molar-refractivity contribution in [3.8, 4) is 0 Å². The van der Waals surface area contributed by atoms with Crippen LogP contribution >= 0.6 is 11.6 Å². The normalized spacial score (nSPS) is 13.3. The van der Waals surface area contributed by atoms with E-state index < -0.39 is 0 Å². The van der Waals surface area contributed by atoms with E-state index in [1.807, 2.05) is 17.7 Å². The molecule has 1 unspecified atom stereocenters. The Morgan fingerprint density at radius 2 is 2.27 bits per heavy atom. The number of nitrogens with zero attached hydrogens (tertiary/aromatic N) is 3. The summed E-state index contributed by atoms with van der Waals surface area (Å²) >= 11 is 5.90. The van der Waals surface area contributed by atoms with Crippen molar-refractivity contribution in [3.63, 3.8) is 0 Å². The Labute approximate surface area is 94.1 Å². The van der Waals surface area contributed by atoms with E-state index >= 15 is 0 Å². The van der Waals surface area contributed by atoms with E-state index in [1.54, 1.807) is 6.20 Å². The van der Waals surface area contributed by atoms with Crippen LogP contribution in [0.2, 0.25) is 5.15 Å². The van der Waals surface area contributed by atoms with E-state index in [0.717, 1.165) is 23.0 Å². The third-order valence-corrected chi connectivity index (χ3v) is 2.96. The Hall–Kier alpha value is -1.09. The summed E-state index contributed by atoms with van der Waals surface area (Å²) in [6.07, 6.45) is 2.84. The summed E-state index contributed by atoms with van der Waals surface area (Å²) < 4.78 is 2.03. The van der Waals surface area contributed by atoms with Gasteiger partial charge in [0.05, 0.1) is 11.2 Å². The van der Waals surface area contributed by atoms with Gasteiger partial charge in [0.15, 0.2) is 0 Å². The highest BCUT2D eigenvalue weighted by Crippen LogP contribution is 2.23. The van der Waals surface area contributed by atoms with Crippen LogP contribution in [0.4, 0.5) is 0 Å². The minimum absolute atomic E-state index is 0.389. The summed E-state index contributed by atoms with van der Waals surface area (Å²) in [6.45, 7) is 6.30. The molecule has 4 heteroatoms. The van der Waals surface area contributed by atoms with Gasteiger partial charge in [-0.15, -0.1) is 0 Å². The third kappa shape index (κ3) is 1.72. The molecule has 0 aromatic carbocycles. The van der Waals surface area contributed by atoms with Crippen molar-refractivity contribution in [2.24, 2.45) is 0 Å². The first kappa shape index (κ1) is 10.4. The molecule has 0 aliphatic carbocycles. The molecule has 0 spiro atoms. The fourth-order valence-electron chi connectivity index (χ4n) is 1.67. The highest BCUT2D eigenvalue weighted by Gasteiger charge is 2.11. The number of hydrogen-bond acceptors (Lipinski definition) is 2. The Kier molecular flexibility index (Phi) is 2.65. The maximum Gasteiger partial charge on any atom is 0.131 e. The predicted octanol–water partition coefficient (Wildman–Crippen LogP) is 3.36. The summed E-state index contributed by atoms with van der Waals surface area (Å²) in [5.41, 5.74) is 2.08. The van der Waals surface area contributed by atoms with Gasteiger partial charge in [-0.3, -0.25) is 4.68 Å². The average Bonchev–Trinajstić information content (AvgIpc) is 2.54. The topological polar surface area (TPSA) is 30.7 Å². The number of halogens is 1. The molecule has 2 aromatic heterocycles. The van der Waals surface area contributed by atoms with Crippen LogP contribution in [0, 0.1) is 6.92 Å². The highest BCUT2D eigenvalue weighted by atomic mass is 35.5. The van der Waals surface area contributed by atoms with Crippen LogP contribution < -0.4 is 0 Å². The van der Waals surface area contributed by atoms with Crippen molar-refractivity contribution in [1.29, 1.82) is 0 Å². The molecule has 80 valence electrons. The van der Waals surface area contributed by atoms with E-state index in [0.29, 0.717) is 11.2 Å². The molecule has 0 bridgehead atoms. The van der Waals surface area contributed by atoms with Gasteiger partial charge in [0.2, 0.25) is 0 Å². The van der Waals surface area contributed by atoms with Crippen molar-refractivity contribution >= 4 is 22.5 Å². The van der Waals surface area contributed by atoms with Crippen molar-refractivity contribution in [3.05, 3.63) is 23.1 Å². The standard InChI is InChI=1S/C11H14ClN3/c1-4-7(2)15-10-5-11(12)13-6-9(10)8(3)14-15/h5-7H,4H2,1-3H3. The maximum absolute atomic E-state index is 5.90. The molecule has 2 heterocycles. The zero-order chi connectivity index (χ0) is 11.0. The van der Waals surface area contributed by atoms with Gasteiger partial charge in [-0.2, -0.15) is 5.10 Å². The second kappa shape index (κ2) is 3.81. The van der Waals surface area contributed by atoms with E-state index in [-0.39, 0.29) is 0 Å². The molecule has 0 amide bonds. The molecule has 0 aliphatic heterocycles. The van der Waals surface area contributed by atoms with Crippen LogP contribution in [-0.4, -0.2) is 14.8 Å². The highest BCUT2D eigenvalue weighted by molar-refractivity contribution is 6.30. The Bertz CT molecular complexity index is 490. The number of hydrogen-bond donors (Lipinski definition) is 0. The minimum Gasteiger partial charge on any atom is -0.262 e. The van der Waals surface area contributed by atoms with Crippen LogP contribution in [0.1, 0.15) is 32.0 Å². The van der Waals surface area contributed by atoms with Crippen LogP contribution in [0.5, 0.6) is 0 Å². The Morgan fingerprint density at radius 1 is 1.53 bits per heavy atom. The molecular formula is C11H14ClN3. The lowest BCUT2D eigenvalue weighted by Crippen LogP contribution is -2.05. The van der Waals surface area contributed by atoms with Crippen LogP contribution in [-0.2, 0) is 0 Å². The summed E-state index contributed by atoms with van der Waals surface area (Å²) in [5.74, 6) is 0. The molecule has 15 heavy (non-hydrogen) atoms. The minimum atomic E-state index is 0.389. The first-order chi connectivity index (χ1) is 7.13. The second-order valence-electron chi connectivity index (χ2n) is 3.81. The molecule has 2 rings (SSSR count). The molecule has 0 saturated carbocycles. The lowest BCUT2D eigenvalue weighted by molar-refractivity contribution is 0.490.